The van der Waals surface area contributed by atoms with Gasteiger partial charge in [0.2, 0.25) is 11.7 Å². The second-order valence-electron chi connectivity index (χ2n) is 13.1. The highest BCUT2D eigenvalue weighted by Crippen LogP contribution is 2.32. The number of hydrogen-bond donors (Lipinski definition) is 2. The average Bonchev–Trinajstić information content (AvgIpc) is 3.13. The molecule has 1 aliphatic rings. The van der Waals surface area contributed by atoms with Crippen LogP contribution < -0.4 is 19.5 Å². The van der Waals surface area contributed by atoms with Crippen molar-refractivity contribution in [2.75, 3.05) is 33.9 Å². The quantitative estimate of drug-likeness (QED) is 0.114. The predicted molar refractivity (Wildman–Crippen MR) is 186 cm³/mol. The van der Waals surface area contributed by atoms with E-state index in [4.69, 9.17) is 18.9 Å². The van der Waals surface area contributed by atoms with Gasteiger partial charge < -0.3 is 34.3 Å². The lowest BCUT2D eigenvalue weighted by molar-refractivity contribution is -0.164. The molecular weight excluding hydrogens is 628 g/mol. The Bertz CT molecular complexity index is 1410. The molecule has 0 spiro atoms. The number of likely N-dealkylation sites (tertiary alicyclic amines) is 1. The van der Waals surface area contributed by atoms with E-state index in [0.29, 0.717) is 80.8 Å². The van der Waals surface area contributed by atoms with Crippen LogP contribution in [0.4, 0.5) is 0 Å². The molecule has 2 aromatic carbocycles. The Morgan fingerprint density at radius 1 is 1.00 bits per heavy atom. The fourth-order valence-electron chi connectivity index (χ4n) is 5.60. The number of ether oxygens (including phenoxy) is 4. The van der Waals surface area contributed by atoms with E-state index in [1.165, 1.54) is 4.90 Å². The minimum atomic E-state index is -0.858. The molecule has 0 saturated carbocycles. The minimum absolute atomic E-state index is 0.151. The predicted octanol–water partition coefficient (Wildman–Crippen LogP) is 5.35. The van der Waals surface area contributed by atoms with Crippen LogP contribution in [0.1, 0.15) is 96.3 Å². The van der Waals surface area contributed by atoms with E-state index in [1.54, 1.807) is 34.1 Å². The summed E-state index contributed by atoms with van der Waals surface area (Å²) in [5.74, 6) is -0.0944. The Balaban J connectivity index is 1.78. The zero-order valence-electron chi connectivity index (χ0n) is 29.9. The van der Waals surface area contributed by atoms with E-state index in [9.17, 15) is 24.3 Å². The standard InChI is InChI=1S/C38H54N2O9/c1-7-28(41)17-20-34(42)39-21-23-48-29-13-11-12-27(25-29)31(18-15-26-16-19-32(46-5)33(24-26)47-6)49-37(45)30-14-9-10-22-40(30)36(44)35(43)38(3,4)8-2/h11-13,16,19,24-25,28,30-31,41H,7-10,14-15,17-18,20-23H2,1-6H3,(H,39,42)/t28?,30-,31+/m0/s1. The zero-order valence-corrected chi connectivity index (χ0v) is 29.9. The molecule has 0 aliphatic carbocycles. The second-order valence-corrected chi connectivity index (χ2v) is 13.1. The number of benzene rings is 2. The zero-order chi connectivity index (χ0) is 36.0. The van der Waals surface area contributed by atoms with Crippen molar-refractivity contribution in [2.24, 2.45) is 5.41 Å². The molecule has 2 amide bonds. The van der Waals surface area contributed by atoms with Gasteiger partial charge in [-0.05, 0) is 86.8 Å². The van der Waals surface area contributed by atoms with Crippen LogP contribution in [0, 0.1) is 5.41 Å². The summed E-state index contributed by atoms with van der Waals surface area (Å²) < 4.78 is 23.0. The van der Waals surface area contributed by atoms with Gasteiger partial charge in [-0.15, -0.1) is 0 Å². The van der Waals surface area contributed by atoms with Crippen molar-refractivity contribution >= 4 is 23.6 Å². The van der Waals surface area contributed by atoms with Gasteiger partial charge in [-0.3, -0.25) is 14.4 Å². The summed E-state index contributed by atoms with van der Waals surface area (Å²) in [7, 11) is 3.15. The lowest BCUT2D eigenvalue weighted by Crippen LogP contribution is -2.53. The number of amides is 2. The highest BCUT2D eigenvalue weighted by atomic mass is 16.5. The summed E-state index contributed by atoms with van der Waals surface area (Å²) in [5.41, 5.74) is 0.835. The molecule has 2 aromatic rings. The van der Waals surface area contributed by atoms with E-state index in [1.807, 2.05) is 50.2 Å². The van der Waals surface area contributed by atoms with Crippen molar-refractivity contribution in [1.82, 2.24) is 10.2 Å². The van der Waals surface area contributed by atoms with Gasteiger partial charge >= 0.3 is 5.97 Å². The van der Waals surface area contributed by atoms with E-state index >= 15 is 0 Å². The van der Waals surface area contributed by atoms with Crippen LogP contribution in [0.25, 0.3) is 0 Å². The van der Waals surface area contributed by atoms with Crippen LogP contribution >= 0.6 is 0 Å². The van der Waals surface area contributed by atoms with Gasteiger partial charge in [0.25, 0.3) is 5.91 Å². The Morgan fingerprint density at radius 3 is 2.45 bits per heavy atom. The van der Waals surface area contributed by atoms with E-state index < -0.39 is 41.3 Å². The molecule has 1 unspecified atom stereocenters. The summed E-state index contributed by atoms with van der Waals surface area (Å²) in [6.07, 6.45) is 3.41. The Labute approximate surface area is 290 Å². The van der Waals surface area contributed by atoms with Gasteiger partial charge in [-0.1, -0.05) is 45.9 Å². The summed E-state index contributed by atoms with van der Waals surface area (Å²) in [6.45, 7) is 8.07. The van der Waals surface area contributed by atoms with E-state index in [2.05, 4.69) is 5.32 Å². The largest absolute Gasteiger partial charge is 0.493 e. The van der Waals surface area contributed by atoms with Crippen molar-refractivity contribution in [1.29, 1.82) is 0 Å². The molecule has 1 heterocycles. The van der Waals surface area contributed by atoms with E-state index in [0.717, 1.165) is 12.0 Å². The summed E-state index contributed by atoms with van der Waals surface area (Å²) >= 11 is 0. The lowest BCUT2D eigenvalue weighted by atomic mass is 9.84. The molecule has 1 fully saturated rings. The topological polar surface area (TPSA) is 141 Å². The van der Waals surface area contributed by atoms with Crippen molar-refractivity contribution in [3.63, 3.8) is 0 Å². The molecule has 3 atom stereocenters. The summed E-state index contributed by atoms with van der Waals surface area (Å²) in [6, 6.07) is 12.1. The lowest BCUT2D eigenvalue weighted by Gasteiger charge is -2.36. The number of carbonyl (C=O) groups excluding carboxylic acids is 4. The van der Waals surface area contributed by atoms with Gasteiger partial charge in [-0.2, -0.15) is 0 Å². The maximum absolute atomic E-state index is 13.9. The van der Waals surface area contributed by atoms with Gasteiger partial charge in [0.05, 0.1) is 26.9 Å². The second kappa shape index (κ2) is 19.2. The molecule has 2 N–H and O–H groups in total. The first-order chi connectivity index (χ1) is 23.4. The molecule has 0 bridgehead atoms. The van der Waals surface area contributed by atoms with Crippen LogP contribution in [0.5, 0.6) is 17.2 Å². The van der Waals surface area contributed by atoms with Gasteiger partial charge in [0.15, 0.2) is 11.5 Å². The molecule has 11 heteroatoms. The van der Waals surface area contributed by atoms with Gasteiger partial charge in [0, 0.05) is 18.4 Å². The number of aliphatic hydroxyl groups excluding tert-OH is 1. The van der Waals surface area contributed by atoms with Crippen molar-refractivity contribution in [2.45, 2.75) is 104 Å². The summed E-state index contributed by atoms with van der Waals surface area (Å²) in [4.78, 5) is 53.8. The molecule has 1 saturated heterocycles. The SMILES string of the molecule is CCC(O)CCC(=O)NCCOc1cccc([C@@H](CCc2ccc(OC)c(OC)c2)OC(=O)[C@@H]2CCCCN2C(=O)C(=O)C(C)(C)CC)c1. The number of Topliss-reactive ketones (excluding diaryl/α,β-unsaturated/α-hetero) is 1. The average molecular weight is 683 g/mol. The van der Waals surface area contributed by atoms with Crippen LogP contribution in [-0.2, 0) is 30.3 Å². The first-order valence-corrected chi connectivity index (χ1v) is 17.4. The molecule has 49 heavy (non-hydrogen) atoms. The van der Waals surface area contributed by atoms with Crippen molar-refractivity contribution in [3.05, 3.63) is 53.6 Å². The van der Waals surface area contributed by atoms with Crippen LogP contribution in [0.2, 0.25) is 0 Å². The molecular formula is C38H54N2O9. The highest BCUT2D eigenvalue weighted by Gasteiger charge is 2.41. The highest BCUT2D eigenvalue weighted by molar-refractivity contribution is 6.38. The Kier molecular flexibility index (Phi) is 15.4. The van der Waals surface area contributed by atoms with Crippen LogP contribution in [0.15, 0.2) is 42.5 Å². The smallest absolute Gasteiger partial charge is 0.329 e. The van der Waals surface area contributed by atoms with Crippen LogP contribution in [-0.4, -0.2) is 79.6 Å². The number of esters is 1. The molecule has 0 aromatic heterocycles. The molecule has 3 rings (SSSR count). The number of hydrogen-bond acceptors (Lipinski definition) is 9. The number of piperidine rings is 1. The molecule has 0 radical (unpaired) electrons. The maximum atomic E-state index is 13.9. The first-order valence-electron chi connectivity index (χ1n) is 17.4. The Morgan fingerprint density at radius 2 is 1.76 bits per heavy atom. The minimum Gasteiger partial charge on any atom is -0.493 e. The number of ketones is 1. The first kappa shape index (κ1) is 39.3. The maximum Gasteiger partial charge on any atom is 0.329 e. The number of aliphatic hydroxyl groups is 1. The third kappa shape index (κ3) is 11.5. The third-order valence-corrected chi connectivity index (χ3v) is 9.23. The number of carbonyl (C=O) groups is 4. The number of aryl methyl sites for hydroxylation is 1. The Hall–Kier alpha value is -4.12. The molecule has 11 nitrogen and oxygen atoms in total. The number of nitrogens with one attached hydrogen (secondary N) is 1. The molecule has 1 aliphatic heterocycles. The van der Waals surface area contributed by atoms with Gasteiger partial charge in [-0.25, -0.2) is 4.79 Å². The summed E-state index contributed by atoms with van der Waals surface area (Å²) in [5, 5.41) is 12.5. The van der Waals surface area contributed by atoms with E-state index in [-0.39, 0.29) is 18.9 Å². The number of methoxy groups -OCH3 is 2. The number of nitrogens with zero attached hydrogens (tertiary/aromatic N) is 1. The fraction of sp³-hybridized carbons (Fsp3) is 0.579. The molecule has 270 valence electrons. The fourth-order valence-corrected chi connectivity index (χ4v) is 5.60. The number of rotatable bonds is 19. The third-order valence-electron chi connectivity index (χ3n) is 9.23. The van der Waals surface area contributed by atoms with Crippen molar-refractivity contribution < 1.29 is 43.2 Å². The monoisotopic (exact) mass is 682 g/mol. The van der Waals surface area contributed by atoms with Crippen LogP contribution in [0.3, 0.4) is 0 Å². The normalized spacial score (nSPS) is 15.9. The van der Waals surface area contributed by atoms with Gasteiger partial charge in [0.1, 0.15) is 24.5 Å². The van der Waals surface area contributed by atoms with Crippen molar-refractivity contribution in [3.8, 4) is 17.2 Å².